The van der Waals surface area contributed by atoms with Gasteiger partial charge in [-0.2, -0.15) is 0 Å². The summed E-state index contributed by atoms with van der Waals surface area (Å²) in [5.74, 6) is -0.415. The van der Waals surface area contributed by atoms with Crippen molar-refractivity contribution in [1.29, 1.82) is 0 Å². The molecule has 0 fully saturated rings. The summed E-state index contributed by atoms with van der Waals surface area (Å²) >= 11 is 0. The zero-order valence-corrected chi connectivity index (χ0v) is 40.0. The lowest BCUT2D eigenvalue weighted by atomic mass is 10.0. The molecule has 0 saturated heterocycles. The number of hydrogen-bond acceptors (Lipinski definition) is 5. The van der Waals surface area contributed by atoms with E-state index in [0.717, 1.165) is 77.0 Å². The maximum Gasteiger partial charge on any atom is 0.306 e. The minimum atomic E-state index is -0.547. The van der Waals surface area contributed by atoms with Crippen molar-refractivity contribution in [2.45, 2.75) is 258 Å². The zero-order chi connectivity index (χ0) is 43.5. The van der Waals surface area contributed by atoms with Crippen molar-refractivity contribution in [3.05, 3.63) is 60.8 Å². The molecule has 0 heterocycles. The highest BCUT2D eigenvalue weighted by Gasteiger charge is 2.17. The number of unbranched alkanes of at least 4 members (excludes halogenated alkanes) is 26. The van der Waals surface area contributed by atoms with E-state index in [1.165, 1.54) is 141 Å². The number of carbonyl (C=O) groups excluding carboxylic acids is 2. The van der Waals surface area contributed by atoms with Crippen LogP contribution in [0.15, 0.2) is 60.8 Å². The van der Waals surface area contributed by atoms with E-state index < -0.39 is 6.10 Å². The van der Waals surface area contributed by atoms with Gasteiger partial charge < -0.3 is 14.2 Å². The Balaban J connectivity index is 4.29. The SMILES string of the molecule is CC/C=C\C/C=C\C/C=C\CCCCCCCC(=O)OCC(COCCCCCCCC/C=C\C/C=C\CCC)OC(=O)CCCCCCCCCCCCCCCCC. The molecule has 348 valence electrons. The van der Waals surface area contributed by atoms with E-state index in [1.807, 2.05) is 0 Å². The standard InChI is InChI=1S/C55H98O5/c1-4-7-10-13-16-19-22-25-28-30-33-36-39-42-45-48-54(56)59-52-53(51-58-50-47-44-41-38-35-32-27-24-21-18-15-12-9-6-3)60-55(57)49-46-43-40-37-34-31-29-26-23-20-17-14-11-8-5-2/h7,10,12,15-16,19,21,24-25,28,53H,4-6,8-9,11,13-14,17-18,20,22-23,26-27,29-52H2,1-3H3/b10-7-,15-12-,19-16-,24-21-,28-25-. The average Bonchev–Trinajstić information content (AvgIpc) is 3.25. The number of esters is 2. The van der Waals surface area contributed by atoms with Crippen LogP contribution >= 0.6 is 0 Å². The van der Waals surface area contributed by atoms with Crippen LogP contribution in [0.2, 0.25) is 0 Å². The molecule has 1 unspecified atom stereocenters. The van der Waals surface area contributed by atoms with Crippen LogP contribution in [-0.4, -0.2) is 37.9 Å². The fraction of sp³-hybridized carbons (Fsp3) is 0.782. The third-order valence-electron chi connectivity index (χ3n) is 11.0. The van der Waals surface area contributed by atoms with Gasteiger partial charge in [-0.3, -0.25) is 9.59 Å². The maximum atomic E-state index is 12.8. The van der Waals surface area contributed by atoms with Crippen molar-refractivity contribution in [3.8, 4) is 0 Å². The summed E-state index contributed by atoms with van der Waals surface area (Å²) in [6.45, 7) is 7.64. The van der Waals surface area contributed by atoms with Gasteiger partial charge in [0.2, 0.25) is 0 Å². The Kier molecular flexibility index (Phi) is 48.9. The van der Waals surface area contributed by atoms with Crippen molar-refractivity contribution in [3.63, 3.8) is 0 Å². The van der Waals surface area contributed by atoms with E-state index in [0.29, 0.717) is 19.4 Å². The maximum absolute atomic E-state index is 12.8. The van der Waals surface area contributed by atoms with Crippen molar-refractivity contribution in [2.24, 2.45) is 0 Å². The normalized spacial score (nSPS) is 12.7. The van der Waals surface area contributed by atoms with E-state index in [9.17, 15) is 9.59 Å². The number of allylic oxidation sites excluding steroid dienone is 10. The summed E-state index contributed by atoms with van der Waals surface area (Å²) in [7, 11) is 0. The number of ether oxygens (including phenoxy) is 3. The number of carbonyl (C=O) groups is 2. The first-order chi connectivity index (χ1) is 29.6. The molecule has 60 heavy (non-hydrogen) atoms. The fourth-order valence-electron chi connectivity index (χ4n) is 7.21. The van der Waals surface area contributed by atoms with Gasteiger partial charge in [0.1, 0.15) is 6.61 Å². The van der Waals surface area contributed by atoms with E-state index in [2.05, 4.69) is 81.5 Å². The van der Waals surface area contributed by atoms with Crippen LogP contribution < -0.4 is 0 Å². The first kappa shape index (κ1) is 57.6. The molecular weight excluding hydrogens is 741 g/mol. The van der Waals surface area contributed by atoms with Gasteiger partial charge in [0, 0.05) is 19.4 Å². The topological polar surface area (TPSA) is 61.8 Å². The molecular formula is C55H98O5. The van der Waals surface area contributed by atoms with Gasteiger partial charge >= 0.3 is 11.9 Å². The summed E-state index contributed by atoms with van der Waals surface area (Å²) < 4.78 is 17.4. The minimum absolute atomic E-state index is 0.0733. The summed E-state index contributed by atoms with van der Waals surface area (Å²) in [5, 5.41) is 0. The van der Waals surface area contributed by atoms with Crippen molar-refractivity contribution >= 4 is 11.9 Å². The van der Waals surface area contributed by atoms with Gasteiger partial charge in [-0.05, 0) is 77.0 Å². The first-order valence-corrected chi connectivity index (χ1v) is 25.8. The molecule has 0 aromatic carbocycles. The molecule has 0 rings (SSSR count). The van der Waals surface area contributed by atoms with Crippen molar-refractivity contribution < 1.29 is 23.8 Å². The second-order valence-corrected chi connectivity index (χ2v) is 17.0. The highest BCUT2D eigenvalue weighted by atomic mass is 16.6. The second-order valence-electron chi connectivity index (χ2n) is 17.0. The van der Waals surface area contributed by atoms with Gasteiger partial charge in [0.05, 0.1) is 6.61 Å². The van der Waals surface area contributed by atoms with E-state index in [4.69, 9.17) is 14.2 Å². The molecule has 5 nitrogen and oxygen atoms in total. The van der Waals surface area contributed by atoms with E-state index in [1.54, 1.807) is 0 Å². The van der Waals surface area contributed by atoms with E-state index in [-0.39, 0.29) is 25.2 Å². The third-order valence-corrected chi connectivity index (χ3v) is 11.0. The van der Waals surface area contributed by atoms with Gasteiger partial charge in [-0.25, -0.2) is 0 Å². The number of rotatable bonds is 47. The van der Waals surface area contributed by atoms with Crippen LogP contribution in [0, 0.1) is 0 Å². The Labute approximate surface area is 373 Å². The Morgan fingerprint density at radius 2 is 0.783 bits per heavy atom. The number of hydrogen-bond donors (Lipinski definition) is 0. The molecule has 0 aliphatic carbocycles. The largest absolute Gasteiger partial charge is 0.462 e. The highest BCUT2D eigenvalue weighted by molar-refractivity contribution is 5.70. The van der Waals surface area contributed by atoms with Crippen LogP contribution in [0.5, 0.6) is 0 Å². The minimum Gasteiger partial charge on any atom is -0.462 e. The van der Waals surface area contributed by atoms with Crippen LogP contribution in [0.3, 0.4) is 0 Å². The smallest absolute Gasteiger partial charge is 0.306 e. The molecule has 0 aliphatic rings. The zero-order valence-electron chi connectivity index (χ0n) is 40.0. The summed E-state index contributed by atoms with van der Waals surface area (Å²) in [5.41, 5.74) is 0. The average molecular weight is 839 g/mol. The van der Waals surface area contributed by atoms with Gasteiger partial charge in [0.25, 0.3) is 0 Å². The molecule has 0 spiro atoms. The Morgan fingerprint density at radius 1 is 0.383 bits per heavy atom. The van der Waals surface area contributed by atoms with Gasteiger partial charge in [-0.1, -0.05) is 223 Å². The Morgan fingerprint density at radius 3 is 1.27 bits per heavy atom. The molecule has 0 aliphatic heterocycles. The lowest BCUT2D eigenvalue weighted by Gasteiger charge is -2.18. The molecule has 0 aromatic rings. The second kappa shape index (κ2) is 51.0. The molecule has 1 atom stereocenters. The van der Waals surface area contributed by atoms with Crippen molar-refractivity contribution in [2.75, 3.05) is 19.8 Å². The molecule has 0 aromatic heterocycles. The molecule has 0 saturated carbocycles. The highest BCUT2D eigenvalue weighted by Crippen LogP contribution is 2.15. The fourth-order valence-corrected chi connectivity index (χ4v) is 7.21. The van der Waals surface area contributed by atoms with Crippen LogP contribution in [0.25, 0.3) is 0 Å². The lowest BCUT2D eigenvalue weighted by molar-refractivity contribution is -0.163. The third kappa shape index (κ3) is 48.3. The first-order valence-electron chi connectivity index (χ1n) is 25.8. The van der Waals surface area contributed by atoms with Gasteiger partial charge in [-0.15, -0.1) is 0 Å². The van der Waals surface area contributed by atoms with Gasteiger partial charge in [0.15, 0.2) is 6.10 Å². The monoisotopic (exact) mass is 839 g/mol. The van der Waals surface area contributed by atoms with Crippen molar-refractivity contribution in [1.82, 2.24) is 0 Å². The predicted molar refractivity (Wildman–Crippen MR) is 261 cm³/mol. The van der Waals surface area contributed by atoms with Crippen LogP contribution in [0.4, 0.5) is 0 Å². The molecule has 0 N–H and O–H groups in total. The molecule has 5 heteroatoms. The quantitative estimate of drug-likeness (QED) is 0.0347. The summed E-state index contributed by atoms with van der Waals surface area (Å²) in [6, 6.07) is 0. The summed E-state index contributed by atoms with van der Waals surface area (Å²) in [4.78, 5) is 25.4. The summed E-state index contributed by atoms with van der Waals surface area (Å²) in [6.07, 6.45) is 63.7. The molecule has 0 radical (unpaired) electrons. The van der Waals surface area contributed by atoms with Crippen LogP contribution in [-0.2, 0) is 23.8 Å². The Bertz CT molecular complexity index is 1040. The lowest BCUT2D eigenvalue weighted by Crippen LogP contribution is -2.30. The predicted octanol–water partition coefficient (Wildman–Crippen LogP) is 17.3. The molecule has 0 amide bonds. The van der Waals surface area contributed by atoms with Crippen LogP contribution in [0.1, 0.15) is 252 Å². The Hall–Kier alpha value is -2.40. The van der Waals surface area contributed by atoms with E-state index >= 15 is 0 Å². The molecule has 0 bridgehead atoms.